The first kappa shape index (κ1) is 19.1. The number of hydrogen-bond acceptors (Lipinski definition) is 3. The highest BCUT2D eigenvalue weighted by Crippen LogP contribution is 2.37. The third-order valence-corrected chi connectivity index (χ3v) is 5.70. The van der Waals surface area contributed by atoms with E-state index in [0.29, 0.717) is 18.4 Å². The maximum Gasteiger partial charge on any atom is 0.159 e. The molecule has 2 aromatic carbocycles. The van der Waals surface area contributed by atoms with Crippen molar-refractivity contribution in [3.63, 3.8) is 0 Å². The Morgan fingerprint density at radius 2 is 1.85 bits per heavy atom. The van der Waals surface area contributed by atoms with Gasteiger partial charge in [0.1, 0.15) is 0 Å². The van der Waals surface area contributed by atoms with Crippen LogP contribution < -0.4 is 0 Å². The average Bonchev–Trinajstić information content (AvgIpc) is 2.63. The molecule has 0 saturated heterocycles. The summed E-state index contributed by atoms with van der Waals surface area (Å²) in [6.07, 6.45) is 2.64. The summed E-state index contributed by atoms with van der Waals surface area (Å²) in [7, 11) is 0. The number of benzene rings is 2. The molecule has 0 aromatic heterocycles. The minimum Gasteiger partial charge on any atom is -0.396 e. The molecule has 4 heteroatoms. The second kappa shape index (κ2) is 8.34. The van der Waals surface area contributed by atoms with E-state index in [-0.39, 0.29) is 30.3 Å². The smallest absolute Gasteiger partial charge is 0.159 e. The highest BCUT2D eigenvalue weighted by Gasteiger charge is 2.28. The molecule has 2 aromatic rings. The molecule has 1 aliphatic carbocycles. The van der Waals surface area contributed by atoms with Gasteiger partial charge in [-0.3, -0.25) is 4.79 Å². The van der Waals surface area contributed by atoms with Gasteiger partial charge in [-0.05, 0) is 67.2 Å². The lowest BCUT2D eigenvalue weighted by Crippen LogP contribution is -2.27. The lowest BCUT2D eigenvalue weighted by Gasteiger charge is -2.32. The first-order valence-electron chi connectivity index (χ1n) is 9.13. The zero-order valence-corrected chi connectivity index (χ0v) is 15.7. The zero-order chi connectivity index (χ0) is 18.7. The second-order valence-corrected chi connectivity index (χ2v) is 7.79. The van der Waals surface area contributed by atoms with Crippen molar-refractivity contribution in [3.05, 3.63) is 69.7 Å². The molecule has 3 nitrogen and oxygen atoms in total. The van der Waals surface area contributed by atoms with Crippen LogP contribution in [0, 0.1) is 5.92 Å². The van der Waals surface area contributed by atoms with Gasteiger partial charge in [0.05, 0.1) is 6.10 Å². The van der Waals surface area contributed by atoms with Gasteiger partial charge in [0.25, 0.3) is 0 Å². The number of halogens is 1. The van der Waals surface area contributed by atoms with Crippen molar-refractivity contribution in [2.75, 3.05) is 6.61 Å². The summed E-state index contributed by atoms with van der Waals surface area (Å²) in [6.45, 7) is 1.68. The number of aliphatic hydroxyl groups excluding tert-OH is 2. The van der Waals surface area contributed by atoms with Crippen molar-refractivity contribution >= 4 is 17.4 Å². The van der Waals surface area contributed by atoms with E-state index in [4.69, 9.17) is 11.6 Å². The Morgan fingerprint density at radius 3 is 2.50 bits per heavy atom. The molecular weight excluding hydrogens is 348 g/mol. The molecular formula is C22H25ClO3. The summed E-state index contributed by atoms with van der Waals surface area (Å²) >= 11 is 6.41. The molecule has 2 N–H and O–H groups in total. The maximum atomic E-state index is 11.4. The summed E-state index contributed by atoms with van der Waals surface area (Å²) in [5.41, 5.74) is 4.02. The van der Waals surface area contributed by atoms with Crippen molar-refractivity contribution in [2.45, 2.75) is 44.6 Å². The largest absolute Gasteiger partial charge is 0.396 e. The molecule has 0 aliphatic heterocycles. The van der Waals surface area contributed by atoms with E-state index in [9.17, 15) is 15.0 Å². The topological polar surface area (TPSA) is 57.5 Å². The quantitative estimate of drug-likeness (QED) is 0.766. The number of ketones is 1. The predicted octanol–water partition coefficient (Wildman–Crippen LogP) is 4.37. The fraction of sp³-hybridized carbons (Fsp3) is 0.409. The van der Waals surface area contributed by atoms with Crippen molar-refractivity contribution in [3.8, 4) is 0 Å². The Hall–Kier alpha value is -1.68. The normalized spacial score (nSPS) is 23.0. The molecule has 0 radical (unpaired) electrons. The van der Waals surface area contributed by atoms with Crippen LogP contribution >= 0.6 is 11.6 Å². The lowest BCUT2D eigenvalue weighted by atomic mass is 9.76. The molecule has 1 fully saturated rings. The van der Waals surface area contributed by atoms with Crippen LogP contribution in [0.2, 0.25) is 5.02 Å². The zero-order valence-electron chi connectivity index (χ0n) is 15.0. The molecule has 3 atom stereocenters. The van der Waals surface area contributed by atoms with E-state index in [2.05, 4.69) is 6.07 Å². The Morgan fingerprint density at radius 1 is 1.12 bits per heavy atom. The minimum atomic E-state index is -0.357. The van der Waals surface area contributed by atoms with E-state index >= 15 is 0 Å². The van der Waals surface area contributed by atoms with Crippen LogP contribution in [0.4, 0.5) is 0 Å². The number of Topliss-reactive ketones (excluding diaryl/α,β-unsaturated/α-hetero) is 1. The number of carbonyl (C=O) groups excluding carboxylic acids is 1. The second-order valence-electron chi connectivity index (χ2n) is 7.39. The summed E-state index contributed by atoms with van der Waals surface area (Å²) in [5.74, 6) is 0.458. The van der Waals surface area contributed by atoms with Gasteiger partial charge in [-0.1, -0.05) is 48.0 Å². The van der Waals surface area contributed by atoms with Crippen LogP contribution in [0.3, 0.4) is 0 Å². The summed E-state index contributed by atoms with van der Waals surface area (Å²) in [4.78, 5) is 11.4. The molecule has 0 bridgehead atoms. The molecule has 0 spiro atoms. The van der Waals surface area contributed by atoms with Gasteiger partial charge in [-0.25, -0.2) is 0 Å². The Labute approximate surface area is 159 Å². The SMILES string of the molecule is CC(=O)c1ccc(Cc2cc(C3CC(O)CC(CO)C3)ccc2Cl)cc1. The number of aliphatic hydroxyl groups is 2. The van der Waals surface area contributed by atoms with E-state index in [1.165, 1.54) is 5.56 Å². The van der Waals surface area contributed by atoms with Gasteiger partial charge < -0.3 is 10.2 Å². The standard InChI is InChI=1S/C22H25ClO3/c1-14(25)17-4-2-15(3-5-17)8-20-11-18(6-7-22(20)23)19-9-16(13-24)10-21(26)12-19/h2-7,11,16,19,21,24,26H,8-10,12-13H2,1H3. The van der Waals surface area contributed by atoms with Crippen molar-refractivity contribution < 1.29 is 15.0 Å². The third kappa shape index (κ3) is 4.53. The molecule has 3 rings (SSSR count). The van der Waals surface area contributed by atoms with Crippen molar-refractivity contribution in [1.29, 1.82) is 0 Å². The number of rotatable bonds is 5. The van der Waals surface area contributed by atoms with Gasteiger partial charge in [0, 0.05) is 17.2 Å². The average molecular weight is 373 g/mol. The Bertz CT molecular complexity index is 769. The van der Waals surface area contributed by atoms with Crippen molar-refractivity contribution in [1.82, 2.24) is 0 Å². The molecule has 0 heterocycles. The lowest BCUT2D eigenvalue weighted by molar-refractivity contribution is 0.0650. The van der Waals surface area contributed by atoms with Gasteiger partial charge >= 0.3 is 0 Å². The van der Waals surface area contributed by atoms with E-state index in [0.717, 1.165) is 29.0 Å². The summed E-state index contributed by atoms with van der Waals surface area (Å²) in [6, 6.07) is 13.7. The Kier molecular flexibility index (Phi) is 6.13. The molecule has 26 heavy (non-hydrogen) atoms. The van der Waals surface area contributed by atoms with Gasteiger partial charge in [0.15, 0.2) is 5.78 Å². The highest BCUT2D eigenvalue weighted by atomic mass is 35.5. The minimum absolute atomic E-state index is 0.0610. The monoisotopic (exact) mass is 372 g/mol. The third-order valence-electron chi connectivity index (χ3n) is 5.33. The highest BCUT2D eigenvalue weighted by molar-refractivity contribution is 6.31. The van der Waals surface area contributed by atoms with Gasteiger partial charge in [-0.2, -0.15) is 0 Å². The molecule has 0 amide bonds. The maximum absolute atomic E-state index is 11.4. The van der Waals surface area contributed by atoms with E-state index < -0.39 is 0 Å². The summed E-state index contributed by atoms with van der Waals surface area (Å²) < 4.78 is 0. The van der Waals surface area contributed by atoms with Gasteiger partial charge in [-0.15, -0.1) is 0 Å². The number of carbonyl (C=O) groups is 1. The van der Waals surface area contributed by atoms with Crippen LogP contribution in [0.1, 0.15) is 59.2 Å². The first-order chi connectivity index (χ1) is 12.5. The van der Waals surface area contributed by atoms with E-state index in [1.807, 2.05) is 36.4 Å². The van der Waals surface area contributed by atoms with E-state index in [1.54, 1.807) is 6.92 Å². The van der Waals surface area contributed by atoms with Gasteiger partial charge in [0.2, 0.25) is 0 Å². The van der Waals surface area contributed by atoms with Crippen LogP contribution in [0.25, 0.3) is 0 Å². The molecule has 138 valence electrons. The van der Waals surface area contributed by atoms with Crippen LogP contribution in [0.5, 0.6) is 0 Å². The van der Waals surface area contributed by atoms with Crippen LogP contribution in [-0.4, -0.2) is 28.7 Å². The molecule has 1 saturated carbocycles. The fourth-order valence-corrected chi connectivity index (χ4v) is 4.07. The molecule has 3 unspecified atom stereocenters. The van der Waals surface area contributed by atoms with Crippen LogP contribution in [-0.2, 0) is 6.42 Å². The Balaban J connectivity index is 1.80. The molecule has 1 aliphatic rings. The van der Waals surface area contributed by atoms with Crippen molar-refractivity contribution in [2.24, 2.45) is 5.92 Å². The van der Waals surface area contributed by atoms with Crippen LogP contribution in [0.15, 0.2) is 42.5 Å². The number of hydrogen-bond donors (Lipinski definition) is 2. The summed E-state index contributed by atoms with van der Waals surface area (Å²) in [5, 5.41) is 20.3. The fourth-order valence-electron chi connectivity index (χ4n) is 3.89. The predicted molar refractivity (Wildman–Crippen MR) is 104 cm³/mol. The first-order valence-corrected chi connectivity index (χ1v) is 9.51.